The Bertz CT molecular complexity index is 1950. The SMILES string of the molecule is COc1ccc(N(c2ccccc2)c2c3ccccc3c(N(c3ccccc3)c3ccc(OC)cc3C)c3ccccc23)c(C)c1. The van der Waals surface area contributed by atoms with Crippen LogP contribution in [0.15, 0.2) is 146 Å². The van der Waals surface area contributed by atoms with Crippen LogP contribution in [0.3, 0.4) is 0 Å². The van der Waals surface area contributed by atoms with Crippen molar-refractivity contribution in [1.29, 1.82) is 0 Å². The van der Waals surface area contributed by atoms with E-state index in [4.69, 9.17) is 9.47 Å². The number of hydrogen-bond donors (Lipinski definition) is 0. The predicted molar refractivity (Wildman–Crippen MR) is 193 cm³/mol. The summed E-state index contributed by atoms with van der Waals surface area (Å²) in [6, 6.07) is 51.4. The van der Waals surface area contributed by atoms with Crippen LogP contribution < -0.4 is 19.3 Å². The van der Waals surface area contributed by atoms with Gasteiger partial charge >= 0.3 is 0 Å². The van der Waals surface area contributed by atoms with Crippen molar-refractivity contribution in [2.75, 3.05) is 24.0 Å². The van der Waals surface area contributed by atoms with Gasteiger partial charge in [-0.05, 0) is 85.6 Å². The Kier molecular flexibility index (Phi) is 7.78. The van der Waals surface area contributed by atoms with Crippen molar-refractivity contribution >= 4 is 55.7 Å². The maximum atomic E-state index is 5.60. The number of fused-ring (bicyclic) bond motifs is 2. The van der Waals surface area contributed by atoms with E-state index in [0.29, 0.717) is 0 Å². The van der Waals surface area contributed by atoms with Crippen molar-refractivity contribution in [3.8, 4) is 11.5 Å². The van der Waals surface area contributed by atoms with Gasteiger partial charge in [0, 0.05) is 44.3 Å². The van der Waals surface area contributed by atoms with Gasteiger partial charge in [-0.1, -0.05) is 84.9 Å². The number of hydrogen-bond acceptors (Lipinski definition) is 4. The molecule has 0 amide bonds. The zero-order valence-corrected chi connectivity index (χ0v) is 26.6. The minimum Gasteiger partial charge on any atom is -0.497 e. The number of nitrogens with zero attached hydrogens (tertiary/aromatic N) is 2. The van der Waals surface area contributed by atoms with E-state index < -0.39 is 0 Å². The van der Waals surface area contributed by atoms with Crippen LogP contribution in [0.25, 0.3) is 21.5 Å². The van der Waals surface area contributed by atoms with Gasteiger partial charge in [-0.25, -0.2) is 0 Å². The van der Waals surface area contributed by atoms with Gasteiger partial charge in [-0.3, -0.25) is 0 Å². The number of para-hydroxylation sites is 2. The Morgan fingerprint density at radius 3 is 1.02 bits per heavy atom. The molecule has 0 aliphatic heterocycles. The molecule has 4 heteroatoms. The van der Waals surface area contributed by atoms with Crippen LogP contribution in [0.2, 0.25) is 0 Å². The van der Waals surface area contributed by atoms with Gasteiger partial charge in [-0.15, -0.1) is 0 Å². The largest absolute Gasteiger partial charge is 0.497 e. The van der Waals surface area contributed by atoms with Gasteiger partial charge in [0.05, 0.1) is 25.6 Å². The summed E-state index contributed by atoms with van der Waals surface area (Å²) >= 11 is 0. The first-order valence-electron chi connectivity index (χ1n) is 15.5. The number of anilines is 6. The standard InChI is InChI=1S/C42H36N2O2/c1-29-27-33(45-3)23-25-39(29)43(31-15-7-5-8-16-31)41-35-19-11-13-21-37(35)42(38-22-14-12-20-36(38)41)44(32-17-9-6-10-18-32)40-26-24-34(46-4)28-30(40)2/h5-28H,1-4H3. The van der Waals surface area contributed by atoms with Gasteiger partial charge in [0.1, 0.15) is 11.5 Å². The van der Waals surface area contributed by atoms with E-state index in [1.54, 1.807) is 14.2 Å². The molecule has 0 heterocycles. The Labute approximate surface area is 270 Å². The molecule has 226 valence electrons. The lowest BCUT2D eigenvalue weighted by Crippen LogP contribution is -2.15. The molecule has 0 bridgehead atoms. The first kappa shape index (κ1) is 29.0. The second-order valence-electron chi connectivity index (χ2n) is 11.4. The molecule has 0 unspecified atom stereocenters. The first-order chi connectivity index (χ1) is 22.6. The van der Waals surface area contributed by atoms with E-state index in [2.05, 4.69) is 157 Å². The smallest absolute Gasteiger partial charge is 0.119 e. The van der Waals surface area contributed by atoms with Crippen LogP contribution in [0, 0.1) is 13.8 Å². The van der Waals surface area contributed by atoms with Crippen molar-refractivity contribution in [1.82, 2.24) is 0 Å². The van der Waals surface area contributed by atoms with Gasteiger partial charge in [0.15, 0.2) is 0 Å². The Morgan fingerprint density at radius 2 is 0.717 bits per heavy atom. The molecule has 0 aliphatic carbocycles. The van der Waals surface area contributed by atoms with Crippen molar-refractivity contribution in [2.24, 2.45) is 0 Å². The maximum absolute atomic E-state index is 5.60. The van der Waals surface area contributed by atoms with Gasteiger partial charge < -0.3 is 19.3 Å². The summed E-state index contributed by atoms with van der Waals surface area (Å²) in [5.74, 6) is 1.68. The van der Waals surface area contributed by atoms with E-state index in [-0.39, 0.29) is 0 Å². The zero-order chi connectivity index (χ0) is 31.6. The highest BCUT2D eigenvalue weighted by molar-refractivity contribution is 6.23. The molecule has 0 saturated heterocycles. The van der Waals surface area contributed by atoms with E-state index in [1.807, 2.05) is 12.1 Å². The summed E-state index contributed by atoms with van der Waals surface area (Å²) in [5.41, 5.74) is 8.89. The summed E-state index contributed by atoms with van der Waals surface area (Å²) in [7, 11) is 3.43. The highest BCUT2D eigenvalue weighted by atomic mass is 16.5. The van der Waals surface area contributed by atoms with Gasteiger partial charge in [0.25, 0.3) is 0 Å². The van der Waals surface area contributed by atoms with Gasteiger partial charge in [0.2, 0.25) is 0 Å². The molecule has 0 aliphatic rings. The van der Waals surface area contributed by atoms with Crippen LogP contribution in [-0.2, 0) is 0 Å². The first-order valence-corrected chi connectivity index (χ1v) is 15.5. The molecule has 0 spiro atoms. The number of aryl methyl sites for hydroxylation is 2. The van der Waals surface area contributed by atoms with Crippen LogP contribution in [0.1, 0.15) is 11.1 Å². The summed E-state index contributed by atoms with van der Waals surface area (Å²) in [6.45, 7) is 4.30. The Balaban J connectivity index is 1.61. The van der Waals surface area contributed by atoms with E-state index in [0.717, 1.165) is 78.3 Å². The third-order valence-electron chi connectivity index (χ3n) is 8.64. The molecule has 0 N–H and O–H groups in total. The van der Waals surface area contributed by atoms with Crippen molar-refractivity contribution in [2.45, 2.75) is 13.8 Å². The highest BCUT2D eigenvalue weighted by Gasteiger charge is 2.26. The molecule has 7 rings (SSSR count). The molecular weight excluding hydrogens is 564 g/mol. The summed E-state index contributed by atoms with van der Waals surface area (Å²) < 4.78 is 11.2. The number of benzene rings is 7. The molecular formula is C42H36N2O2. The predicted octanol–water partition coefficient (Wildman–Crippen LogP) is 11.6. The molecule has 0 radical (unpaired) electrons. The lowest BCUT2D eigenvalue weighted by molar-refractivity contribution is 0.414. The molecule has 4 nitrogen and oxygen atoms in total. The van der Waals surface area contributed by atoms with Crippen LogP contribution >= 0.6 is 0 Å². The van der Waals surface area contributed by atoms with E-state index >= 15 is 0 Å². The lowest BCUT2D eigenvalue weighted by Gasteiger charge is -2.34. The third kappa shape index (κ3) is 5.08. The molecule has 7 aromatic rings. The summed E-state index contributed by atoms with van der Waals surface area (Å²) in [4.78, 5) is 4.80. The molecule has 46 heavy (non-hydrogen) atoms. The lowest BCUT2D eigenvalue weighted by atomic mass is 9.94. The van der Waals surface area contributed by atoms with Crippen molar-refractivity contribution in [3.05, 3.63) is 157 Å². The molecule has 0 aromatic heterocycles. The van der Waals surface area contributed by atoms with Crippen LogP contribution in [0.5, 0.6) is 11.5 Å². The van der Waals surface area contributed by atoms with E-state index in [9.17, 15) is 0 Å². The van der Waals surface area contributed by atoms with Crippen LogP contribution in [-0.4, -0.2) is 14.2 Å². The molecule has 0 saturated carbocycles. The average Bonchev–Trinajstić information content (AvgIpc) is 3.11. The fourth-order valence-electron chi connectivity index (χ4n) is 6.51. The second kappa shape index (κ2) is 12.3. The average molecular weight is 601 g/mol. The normalized spacial score (nSPS) is 11.0. The van der Waals surface area contributed by atoms with Crippen molar-refractivity contribution < 1.29 is 9.47 Å². The highest BCUT2D eigenvalue weighted by Crippen LogP contribution is 2.51. The minimum atomic E-state index is 0.840. The monoisotopic (exact) mass is 600 g/mol. The number of ether oxygens (including phenoxy) is 2. The minimum absolute atomic E-state index is 0.840. The maximum Gasteiger partial charge on any atom is 0.119 e. The van der Waals surface area contributed by atoms with E-state index in [1.165, 1.54) is 0 Å². The van der Waals surface area contributed by atoms with Crippen LogP contribution in [0.4, 0.5) is 34.1 Å². The van der Waals surface area contributed by atoms with Crippen molar-refractivity contribution in [3.63, 3.8) is 0 Å². The fraction of sp³-hybridized carbons (Fsp3) is 0.0952. The quantitative estimate of drug-likeness (QED) is 0.128. The Morgan fingerprint density at radius 1 is 0.391 bits per heavy atom. The molecule has 7 aromatic carbocycles. The molecule has 0 fully saturated rings. The number of rotatable bonds is 8. The number of methoxy groups -OCH3 is 2. The second-order valence-corrected chi connectivity index (χ2v) is 11.4. The third-order valence-corrected chi connectivity index (χ3v) is 8.64. The zero-order valence-electron chi connectivity index (χ0n) is 26.6. The Hall–Kier alpha value is -5.74. The topological polar surface area (TPSA) is 24.9 Å². The summed E-state index contributed by atoms with van der Waals surface area (Å²) in [6.07, 6.45) is 0. The van der Waals surface area contributed by atoms with Gasteiger partial charge in [-0.2, -0.15) is 0 Å². The molecule has 0 atom stereocenters. The summed E-state index contributed by atoms with van der Waals surface area (Å²) in [5, 5.41) is 4.62. The fourth-order valence-corrected chi connectivity index (χ4v) is 6.51.